The minimum absolute atomic E-state index is 0.0232. The zero-order chi connectivity index (χ0) is 17.5. The first kappa shape index (κ1) is 16.2. The Labute approximate surface area is 141 Å². The van der Waals surface area contributed by atoms with Crippen molar-refractivity contribution in [3.8, 4) is 0 Å². The lowest BCUT2D eigenvalue weighted by atomic mass is 9.44. The van der Waals surface area contributed by atoms with E-state index in [0.29, 0.717) is 24.8 Å². The van der Waals surface area contributed by atoms with Gasteiger partial charge in [-0.3, -0.25) is 9.59 Å². The van der Waals surface area contributed by atoms with Crippen LogP contribution in [0.2, 0.25) is 0 Å². The maximum Gasteiger partial charge on any atom is 0.178 e. The molecule has 0 radical (unpaired) electrons. The molecule has 0 aromatic carbocycles. The SMILES string of the molecule is C[C@@]12C(=O)CC[C@H]1[C@@H]1[C@H](O)CC3=CC(=O)C=C[C@]3(C)[C@@]1(O)C[C@@H]2O. The van der Waals surface area contributed by atoms with E-state index < -0.39 is 34.6 Å². The molecule has 0 heterocycles. The zero-order valence-corrected chi connectivity index (χ0v) is 14.0. The van der Waals surface area contributed by atoms with E-state index >= 15 is 0 Å². The van der Waals surface area contributed by atoms with Crippen molar-refractivity contribution < 1.29 is 24.9 Å². The van der Waals surface area contributed by atoms with Gasteiger partial charge in [-0.05, 0) is 44.8 Å². The van der Waals surface area contributed by atoms with Gasteiger partial charge < -0.3 is 15.3 Å². The predicted molar refractivity (Wildman–Crippen MR) is 85.9 cm³/mol. The van der Waals surface area contributed by atoms with E-state index in [0.717, 1.165) is 0 Å². The van der Waals surface area contributed by atoms with E-state index in [1.807, 2.05) is 6.92 Å². The lowest BCUT2D eigenvalue weighted by Crippen LogP contribution is -2.69. The van der Waals surface area contributed by atoms with E-state index in [9.17, 15) is 24.9 Å². The Morgan fingerprint density at radius 1 is 1.21 bits per heavy atom. The summed E-state index contributed by atoms with van der Waals surface area (Å²) in [5, 5.41) is 33.3. The predicted octanol–water partition coefficient (Wildman–Crippen LogP) is 0.920. The normalized spacial score (nSPS) is 53.3. The molecule has 24 heavy (non-hydrogen) atoms. The van der Waals surface area contributed by atoms with Crippen molar-refractivity contribution in [2.45, 2.75) is 57.3 Å². The molecule has 4 rings (SSSR count). The average molecular weight is 332 g/mol. The van der Waals surface area contributed by atoms with Crippen LogP contribution in [0.25, 0.3) is 0 Å². The number of hydrogen-bond donors (Lipinski definition) is 3. The van der Waals surface area contributed by atoms with Crippen LogP contribution in [-0.4, -0.2) is 44.7 Å². The Morgan fingerprint density at radius 3 is 2.62 bits per heavy atom. The zero-order valence-electron chi connectivity index (χ0n) is 14.0. The summed E-state index contributed by atoms with van der Waals surface area (Å²) in [6, 6.07) is 0. The summed E-state index contributed by atoms with van der Waals surface area (Å²) in [7, 11) is 0. The van der Waals surface area contributed by atoms with Crippen LogP contribution in [-0.2, 0) is 9.59 Å². The number of aliphatic hydroxyl groups is 3. The molecular weight excluding hydrogens is 308 g/mol. The van der Waals surface area contributed by atoms with Gasteiger partial charge in [0.2, 0.25) is 0 Å². The second-order valence-electron chi connectivity index (χ2n) is 8.40. The molecule has 0 aliphatic heterocycles. The summed E-state index contributed by atoms with van der Waals surface area (Å²) in [5.74, 6) is -0.862. The maximum atomic E-state index is 12.4. The molecule has 0 unspecified atom stereocenters. The first-order chi connectivity index (χ1) is 11.1. The quantitative estimate of drug-likeness (QED) is 0.613. The van der Waals surface area contributed by atoms with Gasteiger partial charge in [0.25, 0.3) is 0 Å². The minimum atomic E-state index is -1.37. The lowest BCUT2D eigenvalue weighted by molar-refractivity contribution is -0.231. The Kier molecular flexibility index (Phi) is 3.14. The monoisotopic (exact) mass is 332 g/mol. The van der Waals surface area contributed by atoms with Gasteiger partial charge in [-0.25, -0.2) is 0 Å². The molecule has 3 fully saturated rings. The summed E-state index contributed by atoms with van der Waals surface area (Å²) in [6.45, 7) is 3.64. The van der Waals surface area contributed by atoms with E-state index in [1.165, 1.54) is 12.2 Å². The molecule has 7 atom stereocenters. The first-order valence-corrected chi connectivity index (χ1v) is 8.70. The summed E-state index contributed by atoms with van der Waals surface area (Å²) in [6.07, 6.45) is 4.20. The van der Waals surface area contributed by atoms with E-state index in [-0.39, 0.29) is 23.9 Å². The molecular formula is C19H24O5. The molecule has 3 N–H and O–H groups in total. The van der Waals surface area contributed by atoms with Crippen molar-refractivity contribution in [1.82, 2.24) is 0 Å². The van der Waals surface area contributed by atoms with Gasteiger partial charge in [0.05, 0.1) is 23.2 Å². The molecule has 0 amide bonds. The second-order valence-corrected chi connectivity index (χ2v) is 8.40. The van der Waals surface area contributed by atoms with E-state index in [1.54, 1.807) is 13.0 Å². The number of rotatable bonds is 0. The molecule has 3 saturated carbocycles. The third-order valence-corrected chi connectivity index (χ3v) is 7.54. The molecule has 130 valence electrons. The smallest absolute Gasteiger partial charge is 0.178 e. The third kappa shape index (κ3) is 1.65. The maximum absolute atomic E-state index is 12.4. The van der Waals surface area contributed by atoms with Crippen LogP contribution >= 0.6 is 0 Å². The van der Waals surface area contributed by atoms with Crippen molar-refractivity contribution in [1.29, 1.82) is 0 Å². The van der Waals surface area contributed by atoms with Crippen LogP contribution in [0.15, 0.2) is 23.8 Å². The fourth-order valence-electron chi connectivity index (χ4n) is 5.94. The number of carbonyl (C=O) groups excluding carboxylic acids is 2. The number of Topliss-reactive ketones (excluding diaryl/α,β-unsaturated/α-hetero) is 1. The van der Waals surface area contributed by atoms with Crippen LogP contribution in [0.3, 0.4) is 0 Å². The number of hydrogen-bond acceptors (Lipinski definition) is 5. The van der Waals surface area contributed by atoms with Gasteiger partial charge in [-0.1, -0.05) is 11.6 Å². The summed E-state index contributed by atoms with van der Waals surface area (Å²) in [4.78, 5) is 24.2. The number of allylic oxidation sites excluding steroid dienone is 2. The molecule has 0 spiro atoms. The first-order valence-electron chi connectivity index (χ1n) is 8.70. The van der Waals surface area contributed by atoms with Gasteiger partial charge in [0.15, 0.2) is 5.78 Å². The van der Waals surface area contributed by atoms with Crippen molar-refractivity contribution in [3.63, 3.8) is 0 Å². The highest BCUT2D eigenvalue weighted by Gasteiger charge is 2.70. The van der Waals surface area contributed by atoms with Gasteiger partial charge >= 0.3 is 0 Å². The van der Waals surface area contributed by atoms with Crippen LogP contribution in [0, 0.1) is 22.7 Å². The molecule has 5 heteroatoms. The molecule has 0 aromatic rings. The van der Waals surface area contributed by atoms with Gasteiger partial charge in [0.1, 0.15) is 5.78 Å². The third-order valence-electron chi connectivity index (χ3n) is 7.54. The van der Waals surface area contributed by atoms with E-state index in [2.05, 4.69) is 0 Å². The van der Waals surface area contributed by atoms with Gasteiger partial charge in [-0.2, -0.15) is 0 Å². The Bertz CT molecular complexity index is 694. The average Bonchev–Trinajstić information content (AvgIpc) is 2.80. The number of ketones is 2. The van der Waals surface area contributed by atoms with Crippen molar-refractivity contribution in [3.05, 3.63) is 23.8 Å². The fraction of sp³-hybridized carbons (Fsp3) is 0.684. The number of fused-ring (bicyclic) bond motifs is 5. The molecule has 0 saturated heterocycles. The molecule has 5 nitrogen and oxygen atoms in total. The fourth-order valence-corrected chi connectivity index (χ4v) is 5.94. The molecule has 4 aliphatic rings. The molecule has 4 aliphatic carbocycles. The molecule has 0 aromatic heterocycles. The highest BCUT2D eigenvalue weighted by atomic mass is 16.3. The second kappa shape index (κ2) is 4.65. The van der Waals surface area contributed by atoms with Crippen LogP contribution < -0.4 is 0 Å². The van der Waals surface area contributed by atoms with Crippen molar-refractivity contribution >= 4 is 11.6 Å². The van der Waals surface area contributed by atoms with Crippen LogP contribution in [0.4, 0.5) is 0 Å². The van der Waals surface area contributed by atoms with Crippen molar-refractivity contribution in [2.75, 3.05) is 0 Å². The van der Waals surface area contributed by atoms with Gasteiger partial charge in [0, 0.05) is 24.2 Å². The van der Waals surface area contributed by atoms with Crippen LogP contribution in [0.5, 0.6) is 0 Å². The Morgan fingerprint density at radius 2 is 1.92 bits per heavy atom. The van der Waals surface area contributed by atoms with E-state index in [4.69, 9.17) is 0 Å². The topological polar surface area (TPSA) is 94.8 Å². The summed E-state index contributed by atoms with van der Waals surface area (Å²) >= 11 is 0. The number of aliphatic hydroxyl groups excluding tert-OH is 2. The number of carbonyl (C=O) groups is 2. The van der Waals surface area contributed by atoms with Gasteiger partial charge in [-0.15, -0.1) is 0 Å². The van der Waals surface area contributed by atoms with Crippen molar-refractivity contribution in [2.24, 2.45) is 22.7 Å². The minimum Gasteiger partial charge on any atom is -0.392 e. The highest BCUT2D eigenvalue weighted by Crippen LogP contribution is 2.65. The Hall–Kier alpha value is -1.30. The largest absolute Gasteiger partial charge is 0.392 e. The summed E-state index contributed by atoms with van der Waals surface area (Å²) in [5.41, 5.74) is -2.37. The lowest BCUT2D eigenvalue weighted by Gasteiger charge is -2.63. The molecule has 0 bridgehead atoms. The summed E-state index contributed by atoms with van der Waals surface area (Å²) < 4.78 is 0. The standard InChI is InChI=1S/C19H24O5/c1-17-6-5-11(20)7-10(17)8-13(21)16-12-3-4-14(22)18(12,2)15(23)9-19(16,17)24/h5-7,12-13,15-16,21,23-24H,3-4,8-9H2,1-2H3/t12-,13+,15-,16+,17-,18-,19+/m0/s1. The highest BCUT2D eigenvalue weighted by molar-refractivity contribution is 6.01. The Balaban J connectivity index is 1.87. The van der Waals surface area contributed by atoms with Crippen LogP contribution in [0.1, 0.15) is 39.5 Å².